The van der Waals surface area contributed by atoms with Gasteiger partial charge in [-0.3, -0.25) is 4.72 Å². The van der Waals surface area contributed by atoms with E-state index in [2.05, 4.69) is 15.9 Å². The summed E-state index contributed by atoms with van der Waals surface area (Å²) in [5.41, 5.74) is -0.681. The van der Waals surface area contributed by atoms with Gasteiger partial charge in [0.15, 0.2) is 11.6 Å². The van der Waals surface area contributed by atoms with E-state index in [1.54, 1.807) is 6.07 Å². The molecular formula is C12H10BrF2NO2S2. The number of hydrogen-bond acceptors (Lipinski definition) is 3. The van der Waals surface area contributed by atoms with Crippen molar-refractivity contribution in [2.75, 3.05) is 4.72 Å². The molecule has 3 nitrogen and oxygen atoms in total. The SMILES string of the molecule is CCc1ccc(S(=O)(=O)Nc2c(F)cc(Br)cc2F)s1. The molecule has 0 saturated heterocycles. The highest BCUT2D eigenvalue weighted by molar-refractivity contribution is 9.10. The van der Waals surface area contributed by atoms with E-state index in [9.17, 15) is 17.2 Å². The fraction of sp³-hybridized carbons (Fsp3) is 0.167. The van der Waals surface area contributed by atoms with E-state index in [-0.39, 0.29) is 8.68 Å². The second kappa shape index (κ2) is 5.79. The van der Waals surface area contributed by atoms with Crippen LogP contribution in [0.2, 0.25) is 0 Å². The highest BCUT2D eigenvalue weighted by atomic mass is 79.9. The van der Waals surface area contributed by atoms with Gasteiger partial charge in [0.2, 0.25) is 0 Å². The van der Waals surface area contributed by atoms with Crippen LogP contribution in [0.25, 0.3) is 0 Å². The first-order valence-corrected chi connectivity index (χ1v) is 8.69. The van der Waals surface area contributed by atoms with Crippen molar-refractivity contribution in [1.29, 1.82) is 0 Å². The van der Waals surface area contributed by atoms with Gasteiger partial charge < -0.3 is 0 Å². The molecule has 1 N–H and O–H groups in total. The minimum Gasteiger partial charge on any atom is -0.273 e. The summed E-state index contributed by atoms with van der Waals surface area (Å²) in [6.07, 6.45) is 0.696. The quantitative estimate of drug-likeness (QED) is 0.864. The maximum atomic E-state index is 13.6. The molecule has 2 aromatic rings. The molecule has 108 valence electrons. The van der Waals surface area contributed by atoms with E-state index in [1.165, 1.54) is 6.07 Å². The molecule has 8 heteroatoms. The van der Waals surface area contributed by atoms with Gasteiger partial charge in [0.25, 0.3) is 10.0 Å². The zero-order valence-electron chi connectivity index (χ0n) is 10.3. The molecule has 0 bridgehead atoms. The van der Waals surface area contributed by atoms with Crippen molar-refractivity contribution in [1.82, 2.24) is 0 Å². The second-order valence-electron chi connectivity index (χ2n) is 3.92. The smallest absolute Gasteiger partial charge is 0.271 e. The Hall–Kier alpha value is -0.990. The Bertz CT molecular complexity index is 721. The van der Waals surface area contributed by atoms with Gasteiger partial charge in [-0.25, -0.2) is 17.2 Å². The molecule has 2 rings (SSSR count). The second-order valence-corrected chi connectivity index (χ2v) is 7.92. The number of hydrogen-bond donors (Lipinski definition) is 1. The molecule has 0 fully saturated rings. The fourth-order valence-corrected chi connectivity index (χ4v) is 4.29. The normalized spacial score (nSPS) is 11.6. The largest absolute Gasteiger partial charge is 0.273 e. The zero-order valence-corrected chi connectivity index (χ0v) is 13.5. The van der Waals surface area contributed by atoms with Crippen molar-refractivity contribution in [2.24, 2.45) is 0 Å². The molecule has 0 aliphatic carbocycles. The van der Waals surface area contributed by atoms with E-state index in [1.807, 2.05) is 11.6 Å². The molecule has 0 atom stereocenters. The third kappa shape index (κ3) is 3.18. The predicted octanol–water partition coefficient (Wildman–Crippen LogP) is 4.15. The maximum Gasteiger partial charge on any atom is 0.271 e. The number of rotatable bonds is 4. The highest BCUT2D eigenvalue weighted by Crippen LogP contribution is 2.28. The van der Waals surface area contributed by atoms with Crippen LogP contribution in [-0.2, 0) is 16.4 Å². The molecule has 0 aliphatic rings. The van der Waals surface area contributed by atoms with Gasteiger partial charge in [0.05, 0.1) is 0 Å². The summed E-state index contributed by atoms with van der Waals surface area (Å²) in [5.74, 6) is -1.96. The third-order valence-corrected chi connectivity index (χ3v) is 6.02. The van der Waals surface area contributed by atoms with Crippen LogP contribution in [0.1, 0.15) is 11.8 Å². The Morgan fingerprint density at radius 2 is 1.85 bits per heavy atom. The lowest BCUT2D eigenvalue weighted by molar-refractivity contribution is 0.582. The van der Waals surface area contributed by atoms with Crippen molar-refractivity contribution in [3.8, 4) is 0 Å². The number of thiophene rings is 1. The van der Waals surface area contributed by atoms with E-state index < -0.39 is 27.3 Å². The molecule has 0 unspecified atom stereocenters. The number of benzene rings is 1. The molecular weight excluding hydrogens is 372 g/mol. The van der Waals surface area contributed by atoms with Crippen LogP contribution in [0.15, 0.2) is 32.9 Å². The van der Waals surface area contributed by atoms with Gasteiger partial charge in [-0.05, 0) is 30.7 Å². The van der Waals surface area contributed by atoms with Crippen LogP contribution in [0.4, 0.5) is 14.5 Å². The lowest BCUT2D eigenvalue weighted by Crippen LogP contribution is -2.14. The molecule has 0 spiro atoms. The van der Waals surface area contributed by atoms with Gasteiger partial charge in [-0.15, -0.1) is 11.3 Å². The first-order chi connectivity index (χ1) is 9.33. The Morgan fingerprint density at radius 1 is 1.25 bits per heavy atom. The molecule has 0 radical (unpaired) electrons. The maximum absolute atomic E-state index is 13.6. The first-order valence-electron chi connectivity index (χ1n) is 5.59. The van der Waals surface area contributed by atoms with Crippen LogP contribution >= 0.6 is 27.3 Å². The Morgan fingerprint density at radius 3 is 2.35 bits per heavy atom. The van der Waals surface area contributed by atoms with E-state index in [0.29, 0.717) is 6.42 Å². The number of sulfonamides is 1. The summed E-state index contributed by atoms with van der Waals surface area (Å²) in [7, 11) is -3.99. The van der Waals surface area contributed by atoms with Crippen LogP contribution in [0.5, 0.6) is 0 Å². The van der Waals surface area contributed by atoms with E-state index in [4.69, 9.17) is 0 Å². The topological polar surface area (TPSA) is 46.2 Å². The average Bonchev–Trinajstić information content (AvgIpc) is 2.83. The number of aryl methyl sites for hydroxylation is 1. The van der Waals surface area contributed by atoms with Gasteiger partial charge in [-0.1, -0.05) is 22.9 Å². The average molecular weight is 382 g/mol. The minimum atomic E-state index is -3.99. The van der Waals surface area contributed by atoms with E-state index in [0.717, 1.165) is 28.3 Å². The standard InChI is InChI=1S/C12H10BrF2NO2S2/c1-2-8-3-4-11(19-8)20(17,18)16-12-9(14)5-7(13)6-10(12)15/h3-6,16H,2H2,1H3. The van der Waals surface area contributed by atoms with Gasteiger partial charge >= 0.3 is 0 Å². The van der Waals surface area contributed by atoms with Crippen LogP contribution in [0, 0.1) is 11.6 Å². The number of nitrogens with one attached hydrogen (secondary N) is 1. The number of halogens is 3. The number of anilines is 1. The lowest BCUT2D eigenvalue weighted by atomic mass is 10.3. The summed E-state index contributed by atoms with van der Waals surface area (Å²) in [6, 6.07) is 5.08. The van der Waals surface area contributed by atoms with Crippen LogP contribution in [-0.4, -0.2) is 8.42 Å². The Balaban J connectivity index is 2.38. The third-order valence-electron chi connectivity index (χ3n) is 2.49. The Labute approximate surface area is 127 Å². The van der Waals surface area contributed by atoms with Crippen LogP contribution < -0.4 is 4.72 Å². The molecule has 20 heavy (non-hydrogen) atoms. The molecule has 0 amide bonds. The molecule has 1 aromatic carbocycles. The van der Waals surface area contributed by atoms with Crippen LogP contribution in [0.3, 0.4) is 0 Å². The Kier molecular flexibility index (Phi) is 4.46. The van der Waals surface area contributed by atoms with Gasteiger partial charge in [0, 0.05) is 9.35 Å². The van der Waals surface area contributed by atoms with Crippen molar-refractivity contribution in [3.05, 3.63) is 45.2 Å². The highest BCUT2D eigenvalue weighted by Gasteiger charge is 2.21. The summed E-state index contributed by atoms with van der Waals surface area (Å²) in [5, 5.41) is 0. The summed E-state index contributed by atoms with van der Waals surface area (Å²) < 4.78 is 53.6. The lowest BCUT2D eigenvalue weighted by Gasteiger charge is -2.08. The van der Waals surface area contributed by atoms with Gasteiger partial charge in [-0.2, -0.15) is 0 Å². The molecule has 0 saturated carbocycles. The fourth-order valence-electron chi connectivity index (χ4n) is 1.52. The zero-order chi connectivity index (χ0) is 14.9. The van der Waals surface area contributed by atoms with Crippen molar-refractivity contribution in [3.63, 3.8) is 0 Å². The summed E-state index contributed by atoms with van der Waals surface area (Å²) in [6.45, 7) is 1.89. The summed E-state index contributed by atoms with van der Waals surface area (Å²) >= 11 is 4.00. The summed E-state index contributed by atoms with van der Waals surface area (Å²) in [4.78, 5) is 0.877. The van der Waals surface area contributed by atoms with Crippen molar-refractivity contribution < 1.29 is 17.2 Å². The molecule has 0 aliphatic heterocycles. The minimum absolute atomic E-state index is 0.0241. The van der Waals surface area contributed by atoms with Crippen molar-refractivity contribution in [2.45, 2.75) is 17.6 Å². The monoisotopic (exact) mass is 381 g/mol. The predicted molar refractivity (Wildman–Crippen MR) is 78.6 cm³/mol. The van der Waals surface area contributed by atoms with Gasteiger partial charge in [0.1, 0.15) is 9.90 Å². The molecule has 1 heterocycles. The first kappa shape index (κ1) is 15.4. The van der Waals surface area contributed by atoms with Crippen molar-refractivity contribution >= 4 is 43.0 Å². The van der Waals surface area contributed by atoms with E-state index >= 15 is 0 Å². The molecule has 1 aromatic heterocycles.